The van der Waals surface area contributed by atoms with Crippen molar-refractivity contribution in [3.05, 3.63) is 71.8 Å². The lowest BCUT2D eigenvalue weighted by molar-refractivity contribution is -0.140. The Morgan fingerprint density at radius 3 is 1.67 bits per heavy atom. The Labute approximate surface area is 142 Å². The van der Waals surface area contributed by atoms with Crippen molar-refractivity contribution in [2.45, 2.75) is 26.2 Å². The van der Waals surface area contributed by atoms with Crippen molar-refractivity contribution in [3.8, 4) is 0 Å². The van der Waals surface area contributed by atoms with Crippen LogP contribution < -0.4 is 0 Å². The van der Waals surface area contributed by atoms with E-state index >= 15 is 0 Å². The highest BCUT2D eigenvalue weighted by Gasteiger charge is 2.83. The number of ketones is 2. The molecule has 0 bridgehead atoms. The topological polar surface area (TPSA) is 34.1 Å². The summed E-state index contributed by atoms with van der Waals surface area (Å²) in [6.45, 7) is 5.81. The van der Waals surface area contributed by atoms with Gasteiger partial charge in [-0.2, -0.15) is 0 Å². The minimum Gasteiger partial charge on any atom is -0.299 e. The van der Waals surface area contributed by atoms with Crippen LogP contribution in [0.4, 0.5) is 0 Å². The monoisotopic (exact) mass is 318 g/mol. The first-order valence-corrected chi connectivity index (χ1v) is 8.66. The average Bonchev–Trinajstić information content (AvgIpc) is 3.22. The van der Waals surface area contributed by atoms with E-state index in [1.165, 1.54) is 0 Å². The van der Waals surface area contributed by atoms with Crippen LogP contribution in [-0.2, 0) is 15.0 Å². The SMILES string of the molecule is C[C@@H]1C(=O)[C@H]2C(c3ccccc3)(c3ccccc3)[C@@]2(C)C(=O)[C@H]1C. The van der Waals surface area contributed by atoms with Gasteiger partial charge in [-0.3, -0.25) is 9.59 Å². The minimum atomic E-state index is -0.640. The molecular formula is C22H22O2. The predicted molar refractivity (Wildman–Crippen MR) is 93.6 cm³/mol. The van der Waals surface area contributed by atoms with E-state index in [9.17, 15) is 9.59 Å². The molecule has 2 aromatic carbocycles. The molecular weight excluding hydrogens is 296 g/mol. The molecule has 0 amide bonds. The summed E-state index contributed by atoms with van der Waals surface area (Å²) in [6, 6.07) is 20.2. The summed E-state index contributed by atoms with van der Waals surface area (Å²) in [5.74, 6) is -0.212. The molecule has 0 unspecified atom stereocenters. The molecule has 0 spiro atoms. The third-order valence-electron chi connectivity index (χ3n) is 6.61. The molecule has 2 saturated carbocycles. The number of Topliss-reactive ketones (excluding diaryl/α,β-unsaturated/α-hetero) is 2. The van der Waals surface area contributed by atoms with Crippen LogP contribution in [0.15, 0.2) is 60.7 Å². The Balaban J connectivity index is 2.01. The van der Waals surface area contributed by atoms with Crippen LogP contribution in [0.3, 0.4) is 0 Å². The number of carbonyl (C=O) groups excluding carboxylic acids is 2. The molecule has 4 atom stereocenters. The summed E-state index contributed by atoms with van der Waals surface area (Å²) in [6.07, 6.45) is 0. The second kappa shape index (κ2) is 4.89. The summed E-state index contributed by atoms with van der Waals surface area (Å²) in [5.41, 5.74) is 0.986. The van der Waals surface area contributed by atoms with Gasteiger partial charge >= 0.3 is 0 Å². The molecule has 122 valence electrons. The van der Waals surface area contributed by atoms with Crippen LogP contribution in [0.2, 0.25) is 0 Å². The first-order valence-electron chi connectivity index (χ1n) is 8.66. The second-order valence-electron chi connectivity index (χ2n) is 7.52. The Morgan fingerprint density at radius 2 is 1.21 bits per heavy atom. The van der Waals surface area contributed by atoms with Crippen LogP contribution in [0, 0.1) is 23.2 Å². The van der Waals surface area contributed by atoms with Crippen LogP contribution in [0.25, 0.3) is 0 Å². The Hall–Kier alpha value is -2.22. The van der Waals surface area contributed by atoms with Crippen LogP contribution >= 0.6 is 0 Å². The van der Waals surface area contributed by atoms with Gasteiger partial charge in [0.25, 0.3) is 0 Å². The van der Waals surface area contributed by atoms with Gasteiger partial charge in [0.1, 0.15) is 11.6 Å². The normalized spacial score (nSPS) is 33.9. The van der Waals surface area contributed by atoms with Gasteiger partial charge in [-0.05, 0) is 11.1 Å². The van der Waals surface area contributed by atoms with Crippen LogP contribution in [0.5, 0.6) is 0 Å². The number of rotatable bonds is 2. The van der Waals surface area contributed by atoms with Gasteiger partial charge in [-0.15, -0.1) is 0 Å². The van der Waals surface area contributed by atoms with E-state index in [-0.39, 0.29) is 29.3 Å². The molecule has 0 radical (unpaired) electrons. The largest absolute Gasteiger partial charge is 0.299 e. The van der Waals surface area contributed by atoms with Gasteiger partial charge in [0, 0.05) is 23.2 Å². The first-order chi connectivity index (χ1) is 11.5. The van der Waals surface area contributed by atoms with Gasteiger partial charge in [0.15, 0.2) is 0 Å². The summed E-state index contributed by atoms with van der Waals surface area (Å²) in [5, 5.41) is 0. The molecule has 2 fully saturated rings. The number of carbonyl (C=O) groups is 2. The second-order valence-corrected chi connectivity index (χ2v) is 7.52. The van der Waals surface area contributed by atoms with E-state index in [0.717, 1.165) is 11.1 Å². The van der Waals surface area contributed by atoms with Crippen molar-refractivity contribution in [1.29, 1.82) is 0 Å². The summed E-state index contributed by atoms with van der Waals surface area (Å²) in [4.78, 5) is 26.4. The van der Waals surface area contributed by atoms with Crippen molar-refractivity contribution in [3.63, 3.8) is 0 Å². The highest BCUT2D eigenvalue weighted by molar-refractivity contribution is 6.10. The van der Waals surface area contributed by atoms with Crippen molar-refractivity contribution < 1.29 is 9.59 Å². The molecule has 0 aromatic heterocycles. The summed E-state index contributed by atoms with van der Waals surface area (Å²) in [7, 11) is 0. The van der Waals surface area contributed by atoms with Crippen LogP contribution in [-0.4, -0.2) is 11.6 Å². The molecule has 2 aromatic rings. The molecule has 0 saturated heterocycles. The minimum absolute atomic E-state index is 0.204. The Bertz CT molecular complexity index is 769. The van der Waals surface area contributed by atoms with Gasteiger partial charge in [0.05, 0.1) is 5.41 Å². The third-order valence-corrected chi connectivity index (χ3v) is 6.61. The Morgan fingerprint density at radius 1 is 0.750 bits per heavy atom. The summed E-state index contributed by atoms with van der Waals surface area (Å²) >= 11 is 0. The lowest BCUT2D eigenvalue weighted by Gasteiger charge is -2.28. The molecule has 0 aliphatic heterocycles. The van der Waals surface area contributed by atoms with Gasteiger partial charge in [-0.25, -0.2) is 0 Å². The predicted octanol–water partition coefficient (Wildman–Crippen LogP) is 4.03. The number of benzene rings is 2. The smallest absolute Gasteiger partial charge is 0.144 e. The standard InChI is InChI=1S/C22H22O2/c1-14-15(2)20(24)21(3)19(18(14)23)22(21,16-10-6-4-7-11-16)17-12-8-5-9-13-17/h4-15,19H,1-3H3/t14-,15-,19+,21+/m0/s1. The first kappa shape index (κ1) is 15.3. The molecule has 2 nitrogen and oxygen atoms in total. The molecule has 24 heavy (non-hydrogen) atoms. The number of hydrogen-bond acceptors (Lipinski definition) is 2. The fourth-order valence-electron chi connectivity index (χ4n) is 5.16. The molecule has 0 N–H and O–H groups in total. The molecule has 0 heterocycles. The van der Waals surface area contributed by atoms with E-state index in [0.29, 0.717) is 0 Å². The quantitative estimate of drug-likeness (QED) is 0.837. The van der Waals surface area contributed by atoms with Crippen molar-refractivity contribution in [2.75, 3.05) is 0 Å². The van der Waals surface area contributed by atoms with Crippen molar-refractivity contribution in [1.82, 2.24) is 0 Å². The molecule has 2 aliphatic rings. The lowest BCUT2D eigenvalue weighted by Crippen LogP contribution is -2.38. The molecule has 4 rings (SSSR count). The lowest BCUT2D eigenvalue weighted by atomic mass is 9.73. The van der Waals surface area contributed by atoms with Gasteiger partial charge < -0.3 is 0 Å². The van der Waals surface area contributed by atoms with Crippen molar-refractivity contribution in [2.24, 2.45) is 23.2 Å². The van der Waals surface area contributed by atoms with E-state index in [4.69, 9.17) is 0 Å². The van der Waals surface area contributed by atoms with Crippen molar-refractivity contribution >= 4 is 11.6 Å². The molecule has 2 aliphatic carbocycles. The Kier molecular flexibility index (Phi) is 3.12. The zero-order valence-corrected chi connectivity index (χ0v) is 14.3. The average molecular weight is 318 g/mol. The number of fused-ring (bicyclic) bond motifs is 1. The highest BCUT2D eigenvalue weighted by Crippen LogP contribution is 2.76. The summed E-state index contributed by atoms with van der Waals surface area (Å²) < 4.78 is 0. The number of hydrogen-bond donors (Lipinski definition) is 0. The molecule has 2 heteroatoms. The maximum Gasteiger partial charge on any atom is 0.144 e. The zero-order chi connectivity index (χ0) is 17.1. The van der Waals surface area contributed by atoms with Crippen LogP contribution in [0.1, 0.15) is 31.9 Å². The van der Waals surface area contributed by atoms with E-state index < -0.39 is 10.8 Å². The zero-order valence-electron chi connectivity index (χ0n) is 14.3. The van der Waals surface area contributed by atoms with Gasteiger partial charge in [-0.1, -0.05) is 81.4 Å². The fraction of sp³-hybridized carbons (Fsp3) is 0.364. The van der Waals surface area contributed by atoms with E-state index in [2.05, 4.69) is 24.3 Å². The third kappa shape index (κ3) is 1.56. The maximum absolute atomic E-state index is 13.3. The fourth-order valence-corrected chi connectivity index (χ4v) is 5.16. The van der Waals surface area contributed by atoms with E-state index in [1.54, 1.807) is 0 Å². The van der Waals surface area contributed by atoms with Gasteiger partial charge in [0.2, 0.25) is 0 Å². The highest BCUT2D eigenvalue weighted by atomic mass is 16.1. The maximum atomic E-state index is 13.3. The van der Waals surface area contributed by atoms with E-state index in [1.807, 2.05) is 57.2 Å².